The molecule has 0 bridgehead atoms. The number of nitrogens with one attached hydrogen (secondary N) is 1. The van der Waals surface area contributed by atoms with E-state index in [1.165, 1.54) is 0 Å². The first-order chi connectivity index (χ1) is 16.4. The maximum atomic E-state index is 12.4. The third-order valence-electron chi connectivity index (χ3n) is 5.42. The van der Waals surface area contributed by atoms with Crippen molar-refractivity contribution in [3.63, 3.8) is 0 Å². The molecule has 6 heteroatoms. The number of carboxylic acid groups (broad SMARTS) is 1. The monoisotopic (exact) mass is 474 g/mol. The number of rotatable bonds is 7. The number of hydrogen-bond donors (Lipinski definition) is 2. The molecule has 0 fully saturated rings. The molecule has 0 aliphatic carbocycles. The molecule has 0 atom stereocenters. The summed E-state index contributed by atoms with van der Waals surface area (Å²) in [7, 11) is 0. The Morgan fingerprint density at radius 1 is 1.03 bits per heavy atom. The predicted molar refractivity (Wildman–Crippen MR) is 138 cm³/mol. The number of amides is 1. The number of aryl methyl sites for hydroxylation is 1. The van der Waals surface area contributed by atoms with Gasteiger partial charge in [0.05, 0.1) is 11.3 Å². The fourth-order valence-corrected chi connectivity index (χ4v) is 3.87. The number of pyridine rings is 1. The van der Waals surface area contributed by atoms with Gasteiger partial charge in [-0.2, -0.15) is 0 Å². The van der Waals surface area contributed by atoms with Gasteiger partial charge in [0.25, 0.3) is 0 Å². The van der Waals surface area contributed by atoms with Crippen LogP contribution in [0, 0.1) is 12.8 Å². The number of alkyl carbamates (subject to hydrolysis) is 1. The predicted octanol–water partition coefficient (Wildman–Crippen LogP) is 6.65. The SMILES string of the molecule is Cc1ccc(-c2cc(-c3ccccc3C(=O)O)nc(CC(C)C)c2CNC(=O)OC(C)(C)C)cc1. The summed E-state index contributed by atoms with van der Waals surface area (Å²) in [6.07, 6.45) is 0.177. The Kier molecular flexibility index (Phi) is 7.95. The number of ether oxygens (including phenoxy) is 1. The molecule has 2 aromatic carbocycles. The molecule has 3 aromatic rings. The number of carbonyl (C=O) groups is 2. The molecule has 35 heavy (non-hydrogen) atoms. The Balaban J connectivity index is 2.19. The smallest absolute Gasteiger partial charge is 0.407 e. The van der Waals surface area contributed by atoms with Crippen molar-refractivity contribution in [1.82, 2.24) is 10.3 Å². The maximum absolute atomic E-state index is 12.4. The molecule has 184 valence electrons. The highest BCUT2D eigenvalue weighted by molar-refractivity contribution is 5.96. The second kappa shape index (κ2) is 10.7. The third-order valence-corrected chi connectivity index (χ3v) is 5.42. The highest BCUT2D eigenvalue weighted by Gasteiger charge is 2.21. The molecule has 0 aliphatic heterocycles. The van der Waals surface area contributed by atoms with Gasteiger partial charge in [-0.15, -0.1) is 0 Å². The number of carbonyl (C=O) groups excluding carboxylic acids is 1. The molecule has 6 nitrogen and oxygen atoms in total. The van der Waals surface area contributed by atoms with Crippen LogP contribution in [0.1, 0.15) is 61.8 Å². The van der Waals surface area contributed by atoms with Gasteiger partial charge >= 0.3 is 12.1 Å². The van der Waals surface area contributed by atoms with Crippen LogP contribution in [0.25, 0.3) is 22.4 Å². The van der Waals surface area contributed by atoms with Crippen LogP contribution in [0.15, 0.2) is 54.6 Å². The lowest BCUT2D eigenvalue weighted by Crippen LogP contribution is -2.32. The Hall–Kier alpha value is -3.67. The van der Waals surface area contributed by atoms with Crippen molar-refractivity contribution >= 4 is 12.1 Å². The van der Waals surface area contributed by atoms with Crippen molar-refractivity contribution in [2.24, 2.45) is 5.92 Å². The second-order valence-corrected chi connectivity index (χ2v) is 10.2. The summed E-state index contributed by atoms with van der Waals surface area (Å²) in [5.41, 5.74) is 5.47. The Bertz CT molecular complexity index is 1210. The Morgan fingerprint density at radius 2 is 1.69 bits per heavy atom. The lowest BCUT2D eigenvalue weighted by Gasteiger charge is -2.22. The standard InChI is InChI=1S/C29H34N2O4/c1-18(2)15-25-24(17-30-28(34)35-29(4,5)6)23(20-13-11-19(3)12-14-20)16-26(31-25)21-9-7-8-10-22(21)27(32)33/h7-14,16,18H,15,17H2,1-6H3,(H,30,34)(H,32,33). The van der Waals surface area contributed by atoms with E-state index in [4.69, 9.17) is 9.72 Å². The van der Waals surface area contributed by atoms with Crippen LogP contribution < -0.4 is 5.32 Å². The van der Waals surface area contributed by atoms with Crippen molar-refractivity contribution in [3.05, 3.63) is 77.0 Å². The van der Waals surface area contributed by atoms with Crippen LogP contribution in [0.5, 0.6) is 0 Å². The van der Waals surface area contributed by atoms with Crippen molar-refractivity contribution in [2.45, 2.75) is 60.1 Å². The first-order valence-corrected chi connectivity index (χ1v) is 11.8. The second-order valence-electron chi connectivity index (χ2n) is 10.2. The molecule has 0 unspecified atom stereocenters. The lowest BCUT2D eigenvalue weighted by atomic mass is 9.92. The fraction of sp³-hybridized carbons (Fsp3) is 0.345. The summed E-state index contributed by atoms with van der Waals surface area (Å²) in [6.45, 7) is 12.0. The van der Waals surface area contributed by atoms with Gasteiger partial charge in [0.1, 0.15) is 5.60 Å². The van der Waals surface area contributed by atoms with Gasteiger partial charge < -0.3 is 15.2 Å². The van der Waals surface area contributed by atoms with E-state index in [1.54, 1.807) is 18.2 Å². The minimum atomic E-state index is -1.000. The molecule has 0 saturated heterocycles. The van der Waals surface area contributed by atoms with Crippen LogP contribution in [0.3, 0.4) is 0 Å². The van der Waals surface area contributed by atoms with Gasteiger partial charge in [-0.3, -0.25) is 4.98 Å². The normalized spacial score (nSPS) is 11.4. The van der Waals surface area contributed by atoms with Gasteiger partial charge in [0, 0.05) is 23.4 Å². The zero-order chi connectivity index (χ0) is 25.8. The minimum absolute atomic E-state index is 0.199. The van der Waals surface area contributed by atoms with Crippen LogP contribution >= 0.6 is 0 Å². The van der Waals surface area contributed by atoms with Crippen LogP contribution in [-0.4, -0.2) is 27.8 Å². The molecule has 3 rings (SSSR count). The molecule has 1 aromatic heterocycles. The van der Waals surface area contributed by atoms with E-state index in [2.05, 4.69) is 19.2 Å². The van der Waals surface area contributed by atoms with Gasteiger partial charge in [-0.25, -0.2) is 9.59 Å². The zero-order valence-electron chi connectivity index (χ0n) is 21.3. The number of nitrogens with zero attached hydrogens (tertiary/aromatic N) is 1. The van der Waals surface area contributed by atoms with E-state index in [1.807, 2.05) is 64.1 Å². The highest BCUT2D eigenvalue weighted by atomic mass is 16.6. The minimum Gasteiger partial charge on any atom is -0.478 e. The highest BCUT2D eigenvalue weighted by Crippen LogP contribution is 2.33. The first-order valence-electron chi connectivity index (χ1n) is 11.8. The van der Waals surface area contributed by atoms with Crippen molar-refractivity contribution in [2.75, 3.05) is 0 Å². The molecule has 1 heterocycles. The van der Waals surface area contributed by atoms with E-state index in [0.717, 1.165) is 27.9 Å². The molecule has 0 aliphatic rings. The van der Waals surface area contributed by atoms with Crippen LogP contribution in [0.2, 0.25) is 0 Å². The third kappa shape index (κ3) is 6.92. The molecule has 0 radical (unpaired) electrons. The van der Waals surface area contributed by atoms with Gasteiger partial charge in [-0.05, 0) is 63.3 Å². The van der Waals surface area contributed by atoms with Crippen molar-refractivity contribution in [1.29, 1.82) is 0 Å². The molecular weight excluding hydrogens is 440 g/mol. The topological polar surface area (TPSA) is 88.5 Å². The van der Waals surface area contributed by atoms with E-state index in [9.17, 15) is 14.7 Å². The number of carboxylic acids is 1. The first kappa shape index (κ1) is 25.9. The molecule has 0 spiro atoms. The fourth-order valence-electron chi connectivity index (χ4n) is 3.87. The summed E-state index contributed by atoms with van der Waals surface area (Å²) in [4.78, 5) is 29.3. The maximum Gasteiger partial charge on any atom is 0.407 e. The summed E-state index contributed by atoms with van der Waals surface area (Å²) in [6, 6.07) is 17.0. The van der Waals surface area contributed by atoms with E-state index >= 15 is 0 Å². The number of benzene rings is 2. The van der Waals surface area contributed by atoms with Crippen LogP contribution in [0.4, 0.5) is 4.79 Å². The number of hydrogen-bond acceptors (Lipinski definition) is 4. The van der Waals surface area contributed by atoms with Gasteiger partial charge in [-0.1, -0.05) is 61.9 Å². The van der Waals surface area contributed by atoms with Crippen molar-refractivity contribution in [3.8, 4) is 22.4 Å². The lowest BCUT2D eigenvalue weighted by molar-refractivity contribution is 0.0523. The number of aromatic carboxylic acids is 1. The van der Waals surface area contributed by atoms with E-state index in [-0.39, 0.29) is 12.1 Å². The Labute approximate surface area is 207 Å². The number of aromatic nitrogens is 1. The van der Waals surface area contributed by atoms with Gasteiger partial charge in [0.15, 0.2) is 0 Å². The summed E-state index contributed by atoms with van der Waals surface area (Å²) in [5.74, 6) is -0.695. The zero-order valence-corrected chi connectivity index (χ0v) is 21.3. The molecule has 0 saturated carbocycles. The summed E-state index contributed by atoms with van der Waals surface area (Å²) in [5, 5.41) is 12.6. The average Bonchev–Trinajstić information content (AvgIpc) is 2.76. The molecule has 2 N–H and O–H groups in total. The average molecular weight is 475 g/mol. The van der Waals surface area contributed by atoms with Crippen LogP contribution in [-0.2, 0) is 17.7 Å². The van der Waals surface area contributed by atoms with Crippen molar-refractivity contribution < 1.29 is 19.4 Å². The van der Waals surface area contributed by atoms with E-state index in [0.29, 0.717) is 23.6 Å². The molecular formula is C29H34N2O4. The van der Waals surface area contributed by atoms with Gasteiger partial charge in [0.2, 0.25) is 0 Å². The largest absolute Gasteiger partial charge is 0.478 e. The van der Waals surface area contributed by atoms with E-state index < -0.39 is 17.7 Å². The Morgan fingerprint density at radius 3 is 2.29 bits per heavy atom. The quantitative estimate of drug-likeness (QED) is 0.400. The molecule has 1 amide bonds. The summed E-state index contributed by atoms with van der Waals surface area (Å²) < 4.78 is 5.44. The summed E-state index contributed by atoms with van der Waals surface area (Å²) >= 11 is 0.